The fourth-order valence-corrected chi connectivity index (χ4v) is 2.94. The van der Waals surface area contributed by atoms with E-state index in [-0.39, 0.29) is 12.5 Å². The van der Waals surface area contributed by atoms with Crippen LogP contribution in [0.15, 0.2) is 0 Å². The summed E-state index contributed by atoms with van der Waals surface area (Å²) in [6.07, 6.45) is 3.17. The molecule has 0 aromatic heterocycles. The van der Waals surface area contributed by atoms with Crippen LogP contribution in [0.2, 0.25) is 0 Å². The van der Waals surface area contributed by atoms with Crippen molar-refractivity contribution in [2.75, 3.05) is 25.9 Å². The van der Waals surface area contributed by atoms with Gasteiger partial charge in [0.15, 0.2) is 0 Å². The van der Waals surface area contributed by atoms with Gasteiger partial charge in [0, 0.05) is 19.6 Å². The van der Waals surface area contributed by atoms with Crippen molar-refractivity contribution in [1.29, 1.82) is 0 Å². The third kappa shape index (κ3) is 4.06. The molecule has 5 nitrogen and oxygen atoms in total. The summed E-state index contributed by atoms with van der Waals surface area (Å²) in [6.45, 7) is 1.37. The quantitative estimate of drug-likeness (QED) is 0.680. The molecule has 0 aromatic rings. The van der Waals surface area contributed by atoms with Crippen molar-refractivity contribution in [2.45, 2.75) is 25.4 Å². The second kappa shape index (κ2) is 5.25. The lowest BCUT2D eigenvalue weighted by atomic mass is 9.93. The van der Waals surface area contributed by atoms with E-state index in [2.05, 4.69) is 0 Å². The minimum atomic E-state index is -3.08. The van der Waals surface area contributed by atoms with Gasteiger partial charge in [-0.2, -0.15) is 0 Å². The zero-order chi connectivity index (χ0) is 11.5. The predicted molar refractivity (Wildman–Crippen MR) is 58.8 cm³/mol. The van der Waals surface area contributed by atoms with E-state index < -0.39 is 16.1 Å². The normalized spacial score (nSPS) is 26.5. The molecule has 90 valence electrons. The first-order valence-electron chi connectivity index (χ1n) is 5.26. The summed E-state index contributed by atoms with van der Waals surface area (Å²) in [6, 6.07) is 0. The average Bonchev–Trinajstić information content (AvgIpc) is 2.17. The number of nitrogens with two attached hydrogens (primary N) is 1. The van der Waals surface area contributed by atoms with Gasteiger partial charge in [0.05, 0.1) is 12.4 Å². The summed E-state index contributed by atoms with van der Waals surface area (Å²) in [7, 11) is -3.08. The predicted octanol–water partition coefficient (Wildman–Crippen LogP) is -0.632. The molecule has 0 spiro atoms. The molecule has 1 aliphatic heterocycles. The highest BCUT2D eigenvalue weighted by atomic mass is 32.2. The van der Waals surface area contributed by atoms with Crippen LogP contribution in [0.3, 0.4) is 0 Å². The van der Waals surface area contributed by atoms with Gasteiger partial charge in [-0.1, -0.05) is 0 Å². The molecule has 0 amide bonds. The molecule has 15 heavy (non-hydrogen) atoms. The van der Waals surface area contributed by atoms with Crippen LogP contribution < -0.4 is 5.73 Å². The Morgan fingerprint density at radius 1 is 1.60 bits per heavy atom. The van der Waals surface area contributed by atoms with E-state index in [0.717, 1.165) is 12.8 Å². The fourth-order valence-electron chi connectivity index (χ4n) is 2.00. The van der Waals surface area contributed by atoms with E-state index >= 15 is 0 Å². The Morgan fingerprint density at radius 2 is 2.27 bits per heavy atom. The Morgan fingerprint density at radius 3 is 2.80 bits per heavy atom. The summed E-state index contributed by atoms with van der Waals surface area (Å²) < 4.78 is 24.1. The summed E-state index contributed by atoms with van der Waals surface area (Å²) >= 11 is 0. The number of rotatable bonds is 4. The minimum Gasteiger partial charge on any atom is -0.392 e. The molecule has 1 rings (SSSR count). The molecule has 0 radical (unpaired) electrons. The Kier molecular flexibility index (Phi) is 4.51. The van der Waals surface area contributed by atoms with Crippen LogP contribution in [0.5, 0.6) is 0 Å². The zero-order valence-electron chi connectivity index (χ0n) is 9.09. The van der Waals surface area contributed by atoms with E-state index in [1.807, 2.05) is 0 Å². The van der Waals surface area contributed by atoms with Crippen LogP contribution in [0, 0.1) is 5.92 Å². The molecule has 0 aromatic carbocycles. The number of hydrogen-bond donors (Lipinski definition) is 2. The highest BCUT2D eigenvalue weighted by Crippen LogP contribution is 2.22. The Labute approximate surface area is 91.3 Å². The minimum absolute atomic E-state index is 0.243. The highest BCUT2D eigenvalue weighted by molar-refractivity contribution is 7.88. The van der Waals surface area contributed by atoms with E-state index in [0.29, 0.717) is 19.5 Å². The molecule has 1 fully saturated rings. The fraction of sp³-hybridized carbons (Fsp3) is 1.00. The topological polar surface area (TPSA) is 83.6 Å². The summed E-state index contributed by atoms with van der Waals surface area (Å²) in [5.41, 5.74) is 5.33. The van der Waals surface area contributed by atoms with Gasteiger partial charge in [0.25, 0.3) is 0 Å². The van der Waals surface area contributed by atoms with Crippen molar-refractivity contribution in [3.8, 4) is 0 Å². The first-order chi connectivity index (χ1) is 6.93. The van der Waals surface area contributed by atoms with Gasteiger partial charge in [-0.3, -0.25) is 0 Å². The van der Waals surface area contributed by atoms with E-state index in [9.17, 15) is 13.5 Å². The van der Waals surface area contributed by atoms with Crippen molar-refractivity contribution in [2.24, 2.45) is 11.7 Å². The SMILES string of the molecule is CS(=O)(=O)N1CCCC(CC(O)CN)C1. The molecule has 2 unspecified atom stereocenters. The van der Waals surface area contributed by atoms with Gasteiger partial charge in [-0.05, 0) is 25.2 Å². The monoisotopic (exact) mass is 236 g/mol. The molecule has 6 heteroatoms. The maximum absolute atomic E-state index is 11.3. The lowest BCUT2D eigenvalue weighted by molar-refractivity contribution is 0.128. The largest absolute Gasteiger partial charge is 0.392 e. The summed E-state index contributed by atoms with van der Waals surface area (Å²) in [4.78, 5) is 0. The number of aliphatic hydroxyl groups excluding tert-OH is 1. The first kappa shape index (κ1) is 12.9. The number of nitrogens with zero attached hydrogens (tertiary/aromatic N) is 1. The summed E-state index contributed by atoms with van der Waals surface area (Å²) in [5, 5.41) is 9.41. The molecule has 0 saturated carbocycles. The summed E-state index contributed by atoms with van der Waals surface area (Å²) in [5.74, 6) is 0.243. The smallest absolute Gasteiger partial charge is 0.211 e. The Balaban J connectivity index is 2.49. The second-order valence-electron chi connectivity index (χ2n) is 4.25. The van der Waals surface area contributed by atoms with Gasteiger partial charge >= 0.3 is 0 Å². The molecular formula is C9H20N2O3S. The highest BCUT2D eigenvalue weighted by Gasteiger charge is 2.26. The van der Waals surface area contributed by atoms with Crippen molar-refractivity contribution in [3.63, 3.8) is 0 Å². The molecule has 2 atom stereocenters. The number of piperidine rings is 1. The molecule has 3 N–H and O–H groups in total. The lowest BCUT2D eigenvalue weighted by Crippen LogP contribution is -2.40. The molecule has 0 aliphatic carbocycles. The first-order valence-corrected chi connectivity index (χ1v) is 7.11. The van der Waals surface area contributed by atoms with E-state index in [1.165, 1.54) is 10.6 Å². The van der Waals surface area contributed by atoms with Gasteiger partial charge in [-0.25, -0.2) is 12.7 Å². The molecule has 1 heterocycles. The van der Waals surface area contributed by atoms with Crippen LogP contribution in [-0.2, 0) is 10.0 Å². The van der Waals surface area contributed by atoms with Crippen LogP contribution in [0.1, 0.15) is 19.3 Å². The van der Waals surface area contributed by atoms with Crippen LogP contribution in [0.25, 0.3) is 0 Å². The van der Waals surface area contributed by atoms with Crippen molar-refractivity contribution in [1.82, 2.24) is 4.31 Å². The van der Waals surface area contributed by atoms with Gasteiger partial charge in [-0.15, -0.1) is 0 Å². The van der Waals surface area contributed by atoms with Crippen molar-refractivity contribution >= 4 is 10.0 Å². The number of hydrogen-bond acceptors (Lipinski definition) is 4. The van der Waals surface area contributed by atoms with E-state index in [4.69, 9.17) is 5.73 Å². The maximum atomic E-state index is 11.3. The Bertz CT molecular complexity index is 292. The standard InChI is InChI=1S/C9H20N2O3S/c1-15(13,14)11-4-2-3-8(7-11)5-9(12)6-10/h8-9,12H,2-7,10H2,1H3. The molecule has 1 aliphatic rings. The average molecular weight is 236 g/mol. The van der Waals surface area contributed by atoms with Gasteiger partial charge in [0.2, 0.25) is 10.0 Å². The molecular weight excluding hydrogens is 216 g/mol. The number of aliphatic hydroxyl groups is 1. The number of sulfonamides is 1. The van der Waals surface area contributed by atoms with Crippen LogP contribution >= 0.6 is 0 Å². The zero-order valence-corrected chi connectivity index (χ0v) is 9.91. The van der Waals surface area contributed by atoms with Crippen LogP contribution in [0.4, 0.5) is 0 Å². The van der Waals surface area contributed by atoms with Gasteiger partial charge in [0.1, 0.15) is 0 Å². The second-order valence-corrected chi connectivity index (χ2v) is 6.24. The van der Waals surface area contributed by atoms with Crippen molar-refractivity contribution in [3.05, 3.63) is 0 Å². The van der Waals surface area contributed by atoms with Gasteiger partial charge < -0.3 is 10.8 Å². The lowest BCUT2D eigenvalue weighted by Gasteiger charge is -2.31. The van der Waals surface area contributed by atoms with E-state index in [1.54, 1.807) is 0 Å². The van der Waals surface area contributed by atoms with Crippen LogP contribution in [-0.4, -0.2) is 49.8 Å². The Hall–Kier alpha value is -0.170. The molecule has 0 bridgehead atoms. The molecule has 1 saturated heterocycles. The third-order valence-corrected chi connectivity index (χ3v) is 4.10. The van der Waals surface area contributed by atoms with Crippen molar-refractivity contribution < 1.29 is 13.5 Å². The third-order valence-electron chi connectivity index (χ3n) is 2.83. The maximum Gasteiger partial charge on any atom is 0.211 e.